The van der Waals surface area contributed by atoms with Crippen LogP contribution in [0, 0.1) is 0 Å². The first kappa shape index (κ1) is 11.3. The third kappa shape index (κ3) is 2.88. The molecule has 0 aromatic heterocycles. The molecule has 1 nitrogen and oxygen atoms in total. The van der Waals surface area contributed by atoms with Gasteiger partial charge in [0.15, 0.2) is 0 Å². The van der Waals surface area contributed by atoms with Crippen molar-refractivity contribution in [3.8, 4) is 5.75 Å². The van der Waals surface area contributed by atoms with Crippen molar-refractivity contribution >= 4 is 21.5 Å². The molecular formula is C12H15BrO. The van der Waals surface area contributed by atoms with Gasteiger partial charge in [-0.05, 0) is 37.1 Å². The lowest BCUT2D eigenvalue weighted by Gasteiger charge is -2.10. The molecule has 0 atom stereocenters. The average Bonchev–Trinajstić information content (AvgIpc) is 2.14. The van der Waals surface area contributed by atoms with Crippen LogP contribution in [0.2, 0.25) is 0 Å². The molecule has 0 radical (unpaired) electrons. The Morgan fingerprint density at radius 2 is 2.21 bits per heavy atom. The van der Waals surface area contributed by atoms with Gasteiger partial charge in [-0.15, -0.1) is 0 Å². The average molecular weight is 255 g/mol. The van der Waals surface area contributed by atoms with Crippen LogP contribution in [0.3, 0.4) is 0 Å². The molecule has 2 heteroatoms. The van der Waals surface area contributed by atoms with E-state index in [1.165, 1.54) is 0 Å². The Kier molecular flexibility index (Phi) is 4.21. The summed E-state index contributed by atoms with van der Waals surface area (Å²) in [6.07, 6.45) is 1.02. The molecule has 0 aliphatic carbocycles. The van der Waals surface area contributed by atoms with Gasteiger partial charge < -0.3 is 4.74 Å². The summed E-state index contributed by atoms with van der Waals surface area (Å²) in [4.78, 5) is 0. The van der Waals surface area contributed by atoms with Gasteiger partial charge in [-0.1, -0.05) is 29.4 Å². The Morgan fingerprint density at radius 1 is 1.50 bits per heavy atom. The SMILES string of the molecule is C=C(C)c1ccc(Br)cc1OCCC. The van der Waals surface area contributed by atoms with Crippen molar-refractivity contribution in [1.82, 2.24) is 0 Å². The van der Waals surface area contributed by atoms with Crippen molar-refractivity contribution in [2.24, 2.45) is 0 Å². The number of hydrogen-bond acceptors (Lipinski definition) is 1. The van der Waals surface area contributed by atoms with Crippen molar-refractivity contribution in [3.05, 3.63) is 34.8 Å². The van der Waals surface area contributed by atoms with E-state index in [1.54, 1.807) is 0 Å². The highest BCUT2D eigenvalue weighted by molar-refractivity contribution is 9.10. The lowest BCUT2D eigenvalue weighted by Crippen LogP contribution is -1.97. The minimum Gasteiger partial charge on any atom is -0.493 e. The van der Waals surface area contributed by atoms with Crippen molar-refractivity contribution < 1.29 is 4.74 Å². The molecule has 1 aromatic carbocycles. The number of halogens is 1. The molecule has 0 heterocycles. The van der Waals surface area contributed by atoms with E-state index < -0.39 is 0 Å². The summed E-state index contributed by atoms with van der Waals surface area (Å²) in [5.74, 6) is 0.911. The third-order valence-electron chi connectivity index (χ3n) is 1.87. The molecule has 0 unspecified atom stereocenters. The lowest BCUT2D eigenvalue weighted by molar-refractivity contribution is 0.316. The van der Waals surface area contributed by atoms with Gasteiger partial charge in [-0.2, -0.15) is 0 Å². The molecule has 0 spiro atoms. The maximum atomic E-state index is 5.64. The second-order valence-electron chi connectivity index (χ2n) is 3.27. The molecule has 0 saturated heterocycles. The molecule has 1 aromatic rings. The van der Waals surface area contributed by atoms with Crippen LogP contribution in [-0.2, 0) is 0 Å². The van der Waals surface area contributed by atoms with E-state index in [0.717, 1.165) is 34.4 Å². The van der Waals surface area contributed by atoms with Gasteiger partial charge in [-0.3, -0.25) is 0 Å². The quantitative estimate of drug-likeness (QED) is 0.780. The summed E-state index contributed by atoms with van der Waals surface area (Å²) in [5, 5.41) is 0. The second-order valence-corrected chi connectivity index (χ2v) is 4.18. The normalized spacial score (nSPS) is 9.93. The van der Waals surface area contributed by atoms with E-state index >= 15 is 0 Å². The zero-order valence-corrected chi connectivity index (χ0v) is 10.2. The Balaban J connectivity index is 2.97. The Bertz CT molecular complexity index is 331. The zero-order valence-electron chi connectivity index (χ0n) is 8.64. The van der Waals surface area contributed by atoms with E-state index in [-0.39, 0.29) is 0 Å². The summed E-state index contributed by atoms with van der Waals surface area (Å²) in [6, 6.07) is 6.01. The van der Waals surface area contributed by atoms with Gasteiger partial charge in [0, 0.05) is 10.0 Å². The predicted octanol–water partition coefficient (Wildman–Crippen LogP) is 4.27. The van der Waals surface area contributed by atoms with E-state index in [1.807, 2.05) is 25.1 Å². The van der Waals surface area contributed by atoms with Gasteiger partial charge in [0.2, 0.25) is 0 Å². The minimum atomic E-state index is 0.747. The monoisotopic (exact) mass is 254 g/mol. The summed E-state index contributed by atoms with van der Waals surface area (Å²) < 4.78 is 6.67. The molecule has 0 N–H and O–H groups in total. The van der Waals surface area contributed by atoms with Crippen molar-refractivity contribution in [2.45, 2.75) is 20.3 Å². The van der Waals surface area contributed by atoms with Crippen LogP contribution in [0.25, 0.3) is 5.57 Å². The number of hydrogen-bond donors (Lipinski definition) is 0. The molecule has 76 valence electrons. The van der Waals surface area contributed by atoms with Crippen LogP contribution < -0.4 is 4.74 Å². The van der Waals surface area contributed by atoms with Gasteiger partial charge >= 0.3 is 0 Å². The van der Waals surface area contributed by atoms with Crippen LogP contribution in [-0.4, -0.2) is 6.61 Å². The highest BCUT2D eigenvalue weighted by Gasteiger charge is 2.04. The van der Waals surface area contributed by atoms with Gasteiger partial charge in [0.25, 0.3) is 0 Å². The third-order valence-corrected chi connectivity index (χ3v) is 2.36. The second kappa shape index (κ2) is 5.20. The first-order valence-corrected chi connectivity index (χ1v) is 5.52. The number of allylic oxidation sites excluding steroid dienone is 1. The Hall–Kier alpha value is -0.760. The van der Waals surface area contributed by atoms with Crippen molar-refractivity contribution in [1.29, 1.82) is 0 Å². The summed E-state index contributed by atoms with van der Waals surface area (Å²) >= 11 is 3.43. The van der Waals surface area contributed by atoms with Crippen LogP contribution in [0.5, 0.6) is 5.75 Å². The first-order valence-electron chi connectivity index (χ1n) is 4.73. The summed E-state index contributed by atoms with van der Waals surface area (Å²) in [5.41, 5.74) is 2.12. The van der Waals surface area contributed by atoms with E-state index in [0.29, 0.717) is 0 Å². The Labute approximate surface area is 93.9 Å². The number of rotatable bonds is 4. The number of benzene rings is 1. The smallest absolute Gasteiger partial charge is 0.127 e. The fraction of sp³-hybridized carbons (Fsp3) is 0.333. The molecule has 0 saturated carbocycles. The summed E-state index contributed by atoms with van der Waals surface area (Å²) in [6.45, 7) is 8.76. The number of ether oxygens (including phenoxy) is 1. The fourth-order valence-corrected chi connectivity index (χ4v) is 1.52. The lowest BCUT2D eigenvalue weighted by atomic mass is 10.1. The topological polar surface area (TPSA) is 9.23 Å². The van der Waals surface area contributed by atoms with Crippen LogP contribution >= 0.6 is 15.9 Å². The molecule has 0 aliphatic rings. The van der Waals surface area contributed by atoms with Gasteiger partial charge in [0.1, 0.15) is 5.75 Å². The highest BCUT2D eigenvalue weighted by atomic mass is 79.9. The van der Waals surface area contributed by atoms with E-state index in [4.69, 9.17) is 4.74 Å². The minimum absolute atomic E-state index is 0.747. The standard InChI is InChI=1S/C12H15BrO/c1-4-7-14-12-8-10(13)5-6-11(12)9(2)3/h5-6,8H,2,4,7H2,1,3H3. The molecule has 0 bridgehead atoms. The van der Waals surface area contributed by atoms with Gasteiger partial charge in [0.05, 0.1) is 6.61 Å². The largest absolute Gasteiger partial charge is 0.493 e. The van der Waals surface area contributed by atoms with E-state index in [2.05, 4.69) is 29.4 Å². The van der Waals surface area contributed by atoms with Crippen LogP contribution in [0.1, 0.15) is 25.8 Å². The molecule has 0 fully saturated rings. The first-order chi connectivity index (χ1) is 6.65. The van der Waals surface area contributed by atoms with Crippen LogP contribution in [0.4, 0.5) is 0 Å². The van der Waals surface area contributed by atoms with E-state index in [9.17, 15) is 0 Å². The molecule has 1 rings (SSSR count). The van der Waals surface area contributed by atoms with Crippen molar-refractivity contribution in [2.75, 3.05) is 6.61 Å². The molecule has 0 aliphatic heterocycles. The fourth-order valence-electron chi connectivity index (χ4n) is 1.18. The highest BCUT2D eigenvalue weighted by Crippen LogP contribution is 2.28. The molecule has 0 amide bonds. The van der Waals surface area contributed by atoms with Crippen LogP contribution in [0.15, 0.2) is 29.3 Å². The maximum absolute atomic E-state index is 5.64. The molecular weight excluding hydrogens is 240 g/mol. The van der Waals surface area contributed by atoms with Crippen molar-refractivity contribution in [3.63, 3.8) is 0 Å². The Morgan fingerprint density at radius 3 is 2.79 bits per heavy atom. The zero-order chi connectivity index (χ0) is 10.6. The summed E-state index contributed by atoms with van der Waals surface area (Å²) in [7, 11) is 0. The molecule has 14 heavy (non-hydrogen) atoms. The van der Waals surface area contributed by atoms with Gasteiger partial charge in [-0.25, -0.2) is 0 Å². The predicted molar refractivity (Wildman–Crippen MR) is 64.6 cm³/mol. The maximum Gasteiger partial charge on any atom is 0.127 e.